The molecule has 138 valence electrons. The van der Waals surface area contributed by atoms with Gasteiger partial charge in [-0.2, -0.15) is 4.31 Å². The Morgan fingerprint density at radius 2 is 1.72 bits per heavy atom. The molecule has 3 rings (SSSR count). The number of piperazine rings is 1. The first kappa shape index (κ1) is 17.9. The number of sulfonamides is 1. The van der Waals surface area contributed by atoms with Gasteiger partial charge in [0.2, 0.25) is 5.91 Å². The average molecular weight is 370 g/mol. The second-order valence-corrected chi connectivity index (χ2v) is 8.51. The second kappa shape index (κ2) is 6.10. The lowest BCUT2D eigenvalue weighted by atomic mass is 9.80. The maximum Gasteiger partial charge on any atom is 0.330 e. The smallest absolute Gasteiger partial charge is 0.330 e. The van der Waals surface area contributed by atoms with E-state index in [9.17, 15) is 22.8 Å². The third kappa shape index (κ3) is 2.63. The molecule has 1 aromatic heterocycles. The number of aryl methyl sites for hydroxylation is 1. The van der Waals surface area contributed by atoms with Crippen molar-refractivity contribution in [3.8, 4) is 0 Å². The van der Waals surface area contributed by atoms with Gasteiger partial charge >= 0.3 is 5.69 Å². The van der Waals surface area contributed by atoms with Crippen LogP contribution < -0.4 is 16.6 Å². The quantitative estimate of drug-likeness (QED) is 0.711. The molecule has 1 saturated carbocycles. The third-order valence-corrected chi connectivity index (χ3v) is 7.11. The fourth-order valence-corrected chi connectivity index (χ4v) is 5.74. The lowest BCUT2D eigenvalue weighted by Gasteiger charge is -2.46. The van der Waals surface area contributed by atoms with Gasteiger partial charge < -0.3 is 9.88 Å². The number of carbonyl (C=O) groups is 1. The van der Waals surface area contributed by atoms with Crippen LogP contribution in [0.1, 0.15) is 32.1 Å². The van der Waals surface area contributed by atoms with Crippen LogP contribution in [0, 0.1) is 0 Å². The van der Waals surface area contributed by atoms with Crippen molar-refractivity contribution in [3.63, 3.8) is 0 Å². The molecule has 10 heteroatoms. The predicted octanol–water partition coefficient (Wildman–Crippen LogP) is -1.09. The van der Waals surface area contributed by atoms with Crippen LogP contribution in [0.15, 0.2) is 20.7 Å². The summed E-state index contributed by atoms with van der Waals surface area (Å²) in [7, 11) is -1.59. The summed E-state index contributed by atoms with van der Waals surface area (Å²) in [4.78, 5) is 36.4. The minimum absolute atomic E-state index is 0.111. The molecule has 1 aliphatic heterocycles. The second-order valence-electron chi connectivity index (χ2n) is 6.68. The van der Waals surface area contributed by atoms with Crippen molar-refractivity contribution in [2.24, 2.45) is 14.1 Å². The van der Waals surface area contributed by atoms with E-state index in [1.165, 1.54) is 18.4 Å². The monoisotopic (exact) mass is 370 g/mol. The molecular weight excluding hydrogens is 348 g/mol. The summed E-state index contributed by atoms with van der Waals surface area (Å²) >= 11 is 0. The summed E-state index contributed by atoms with van der Waals surface area (Å²) in [6.07, 6.45) is 4.37. The van der Waals surface area contributed by atoms with Crippen molar-refractivity contribution in [2.45, 2.75) is 42.5 Å². The molecule has 2 heterocycles. The van der Waals surface area contributed by atoms with Crippen molar-refractivity contribution < 1.29 is 13.2 Å². The van der Waals surface area contributed by atoms with E-state index in [4.69, 9.17) is 0 Å². The number of aromatic nitrogens is 2. The lowest BCUT2D eigenvalue weighted by Crippen LogP contribution is -2.67. The number of hydrogen-bond donors (Lipinski definition) is 1. The molecule has 0 unspecified atom stereocenters. The topological polar surface area (TPSA) is 110 Å². The van der Waals surface area contributed by atoms with Gasteiger partial charge in [0.05, 0.1) is 0 Å². The first-order chi connectivity index (χ1) is 11.7. The van der Waals surface area contributed by atoms with Crippen LogP contribution in [0.5, 0.6) is 0 Å². The summed E-state index contributed by atoms with van der Waals surface area (Å²) in [5, 5.41) is 2.76. The molecule has 25 heavy (non-hydrogen) atoms. The molecule has 1 amide bonds. The van der Waals surface area contributed by atoms with Gasteiger partial charge in [0.15, 0.2) is 4.90 Å². The number of nitrogens with zero attached hydrogens (tertiary/aromatic N) is 3. The van der Waals surface area contributed by atoms with Crippen molar-refractivity contribution in [1.82, 2.24) is 18.8 Å². The summed E-state index contributed by atoms with van der Waals surface area (Å²) in [5.41, 5.74) is -2.62. The minimum atomic E-state index is -4.22. The summed E-state index contributed by atoms with van der Waals surface area (Å²) in [6.45, 7) is 0.311. The molecule has 2 aliphatic rings. The Kier molecular flexibility index (Phi) is 4.36. The van der Waals surface area contributed by atoms with Crippen LogP contribution in [-0.4, -0.2) is 46.4 Å². The van der Waals surface area contributed by atoms with Crippen LogP contribution in [-0.2, 0) is 28.9 Å². The maximum absolute atomic E-state index is 13.3. The molecule has 0 radical (unpaired) electrons. The molecule has 1 spiro atoms. The zero-order valence-electron chi connectivity index (χ0n) is 14.3. The highest BCUT2D eigenvalue weighted by Crippen LogP contribution is 2.38. The van der Waals surface area contributed by atoms with Crippen LogP contribution in [0.2, 0.25) is 0 Å². The number of hydrogen-bond acceptors (Lipinski definition) is 5. The Morgan fingerprint density at radius 3 is 2.36 bits per heavy atom. The van der Waals surface area contributed by atoms with E-state index in [-0.39, 0.29) is 19.0 Å². The Balaban J connectivity index is 2.18. The standard InChI is InChI=1S/C15H22N4O5S/c1-17-10-11(12(20)18(2)14(17)22)25(23,24)19-9-8-16-13(21)15(19)6-4-3-5-7-15/h10H,3-9H2,1-2H3,(H,16,21). The zero-order chi connectivity index (χ0) is 18.4. The first-order valence-electron chi connectivity index (χ1n) is 8.30. The highest BCUT2D eigenvalue weighted by atomic mass is 32.2. The van der Waals surface area contributed by atoms with Crippen molar-refractivity contribution >= 4 is 15.9 Å². The molecular formula is C15H22N4O5S. The van der Waals surface area contributed by atoms with Gasteiger partial charge in [0.1, 0.15) is 5.54 Å². The highest BCUT2D eigenvalue weighted by molar-refractivity contribution is 7.89. The summed E-state index contributed by atoms with van der Waals surface area (Å²) < 4.78 is 29.5. The van der Waals surface area contributed by atoms with Gasteiger partial charge in [-0.1, -0.05) is 19.3 Å². The van der Waals surface area contributed by atoms with E-state index < -0.39 is 31.7 Å². The maximum atomic E-state index is 13.3. The van der Waals surface area contributed by atoms with E-state index in [1.807, 2.05) is 0 Å². The SMILES string of the molecule is Cn1cc(S(=O)(=O)N2CCNC(=O)C23CCCCC3)c(=O)n(C)c1=O. The van der Waals surface area contributed by atoms with E-state index in [2.05, 4.69) is 5.32 Å². The average Bonchev–Trinajstić information content (AvgIpc) is 2.59. The van der Waals surface area contributed by atoms with Crippen LogP contribution in [0.25, 0.3) is 0 Å². The number of nitrogens with one attached hydrogen (secondary N) is 1. The molecule has 2 fully saturated rings. The number of amides is 1. The van der Waals surface area contributed by atoms with E-state index in [0.29, 0.717) is 12.8 Å². The van der Waals surface area contributed by atoms with Gasteiger partial charge in [-0.15, -0.1) is 0 Å². The largest absolute Gasteiger partial charge is 0.353 e. The van der Waals surface area contributed by atoms with Gasteiger partial charge in [0.25, 0.3) is 15.6 Å². The van der Waals surface area contributed by atoms with E-state index >= 15 is 0 Å². The normalized spacial score (nSPS) is 21.3. The Bertz CT molecular complexity index is 924. The zero-order valence-corrected chi connectivity index (χ0v) is 15.1. The molecule has 1 aromatic rings. The van der Waals surface area contributed by atoms with E-state index in [1.54, 1.807) is 0 Å². The molecule has 0 atom stereocenters. The highest BCUT2D eigenvalue weighted by Gasteiger charge is 2.52. The Labute approximate surface area is 145 Å². The number of rotatable bonds is 2. The Hall–Kier alpha value is -1.94. The number of carbonyl (C=O) groups excluding carboxylic acids is 1. The molecule has 9 nitrogen and oxygen atoms in total. The van der Waals surface area contributed by atoms with Crippen LogP contribution in [0.4, 0.5) is 0 Å². The summed E-state index contributed by atoms with van der Waals surface area (Å²) in [6, 6.07) is 0. The molecule has 0 aromatic carbocycles. The first-order valence-corrected chi connectivity index (χ1v) is 9.74. The van der Waals surface area contributed by atoms with Crippen molar-refractivity contribution in [1.29, 1.82) is 0 Å². The molecule has 1 N–H and O–H groups in total. The van der Waals surface area contributed by atoms with Crippen LogP contribution in [0.3, 0.4) is 0 Å². The lowest BCUT2D eigenvalue weighted by molar-refractivity contribution is -0.135. The molecule has 1 saturated heterocycles. The van der Waals surface area contributed by atoms with Crippen molar-refractivity contribution in [3.05, 3.63) is 27.0 Å². The third-order valence-electron chi connectivity index (χ3n) is 5.16. The molecule has 0 bridgehead atoms. The van der Waals surface area contributed by atoms with E-state index in [0.717, 1.165) is 34.6 Å². The fourth-order valence-electron chi connectivity index (χ4n) is 3.80. The fraction of sp³-hybridized carbons (Fsp3) is 0.667. The van der Waals surface area contributed by atoms with Gasteiger partial charge in [-0.05, 0) is 12.8 Å². The van der Waals surface area contributed by atoms with Gasteiger partial charge in [0, 0.05) is 33.4 Å². The van der Waals surface area contributed by atoms with Gasteiger partial charge in [-0.3, -0.25) is 14.2 Å². The summed E-state index contributed by atoms with van der Waals surface area (Å²) in [5.74, 6) is -0.302. The van der Waals surface area contributed by atoms with Gasteiger partial charge in [-0.25, -0.2) is 13.2 Å². The Morgan fingerprint density at radius 1 is 1.08 bits per heavy atom. The molecule has 1 aliphatic carbocycles. The van der Waals surface area contributed by atoms with Crippen LogP contribution >= 0.6 is 0 Å². The predicted molar refractivity (Wildman–Crippen MR) is 89.6 cm³/mol. The minimum Gasteiger partial charge on any atom is -0.353 e. The van der Waals surface area contributed by atoms with Crippen molar-refractivity contribution in [2.75, 3.05) is 13.1 Å².